The van der Waals surface area contributed by atoms with Gasteiger partial charge in [0.2, 0.25) is 0 Å². The van der Waals surface area contributed by atoms with E-state index in [9.17, 15) is 14.4 Å². The van der Waals surface area contributed by atoms with E-state index in [1.54, 1.807) is 30.3 Å². The van der Waals surface area contributed by atoms with Gasteiger partial charge >= 0.3 is 11.9 Å². The number of ether oxygens (including phenoxy) is 3. The topological polar surface area (TPSA) is 78.9 Å². The lowest BCUT2D eigenvalue weighted by atomic mass is 10.1. The van der Waals surface area contributed by atoms with E-state index in [0.717, 1.165) is 12.8 Å². The van der Waals surface area contributed by atoms with Gasteiger partial charge in [0.25, 0.3) is 5.78 Å². The van der Waals surface area contributed by atoms with Crippen molar-refractivity contribution in [3.63, 3.8) is 0 Å². The van der Waals surface area contributed by atoms with Crippen LogP contribution in [0.4, 0.5) is 0 Å². The monoisotopic (exact) mass is 392 g/mol. The van der Waals surface area contributed by atoms with Gasteiger partial charge in [-0.15, -0.1) is 0 Å². The third-order valence-electron chi connectivity index (χ3n) is 4.16. The highest BCUT2D eigenvalue weighted by atomic mass is 16.6. The summed E-state index contributed by atoms with van der Waals surface area (Å²) in [7, 11) is 0. The lowest BCUT2D eigenvalue weighted by Gasteiger charge is -2.07. The predicted molar refractivity (Wildman–Crippen MR) is 106 cm³/mol. The zero-order valence-electron chi connectivity index (χ0n) is 16.8. The summed E-state index contributed by atoms with van der Waals surface area (Å²) < 4.78 is 15.2. The van der Waals surface area contributed by atoms with E-state index in [2.05, 4.69) is 6.92 Å². The summed E-state index contributed by atoms with van der Waals surface area (Å²) in [5, 5.41) is 0. The van der Waals surface area contributed by atoms with E-state index in [4.69, 9.17) is 14.2 Å². The Morgan fingerprint density at radius 3 is 2.04 bits per heavy atom. The predicted octanol–water partition coefficient (Wildman–Crippen LogP) is 4.11. The van der Waals surface area contributed by atoms with Crippen LogP contribution < -0.4 is 0 Å². The third kappa shape index (κ3) is 11.5. The lowest BCUT2D eigenvalue weighted by molar-refractivity contribution is -0.145. The highest BCUT2D eigenvalue weighted by Gasteiger charge is 2.17. The number of carbonyl (C=O) groups is 3. The molecule has 28 heavy (non-hydrogen) atoms. The summed E-state index contributed by atoms with van der Waals surface area (Å²) in [5.74, 6) is -1.80. The van der Waals surface area contributed by atoms with Crippen LogP contribution in [0.2, 0.25) is 0 Å². The number of unbranched alkanes of at least 4 members (excludes halogenated alkanes) is 6. The molecule has 0 aliphatic rings. The van der Waals surface area contributed by atoms with Crippen molar-refractivity contribution in [2.24, 2.45) is 0 Å². The van der Waals surface area contributed by atoms with Gasteiger partial charge in [0.15, 0.2) is 0 Å². The number of Topliss-reactive ketones (excluding diaryl/α,β-unsaturated/α-hetero) is 1. The molecule has 1 rings (SSSR count). The van der Waals surface area contributed by atoms with Crippen molar-refractivity contribution >= 4 is 17.7 Å². The van der Waals surface area contributed by atoms with E-state index in [1.165, 1.54) is 32.1 Å². The number of hydrogen-bond donors (Lipinski definition) is 0. The van der Waals surface area contributed by atoms with Crippen molar-refractivity contribution in [3.05, 3.63) is 35.9 Å². The van der Waals surface area contributed by atoms with E-state index < -0.39 is 11.8 Å². The molecule has 0 aliphatic heterocycles. The molecule has 0 unspecified atom stereocenters. The van der Waals surface area contributed by atoms with E-state index in [1.807, 2.05) is 0 Å². The Balaban J connectivity index is 1.93. The van der Waals surface area contributed by atoms with Crippen LogP contribution in [0, 0.1) is 0 Å². The molecular formula is C22H32O6. The minimum atomic E-state index is -0.907. The van der Waals surface area contributed by atoms with Gasteiger partial charge in [-0.3, -0.25) is 9.59 Å². The molecule has 0 bridgehead atoms. The van der Waals surface area contributed by atoms with Crippen molar-refractivity contribution in [1.82, 2.24) is 0 Å². The number of hydrogen-bond acceptors (Lipinski definition) is 6. The van der Waals surface area contributed by atoms with Crippen LogP contribution >= 0.6 is 0 Å². The Bertz CT molecular complexity index is 570. The molecule has 6 heteroatoms. The first-order valence-corrected chi connectivity index (χ1v) is 10.1. The Labute approximate surface area is 167 Å². The summed E-state index contributed by atoms with van der Waals surface area (Å²) in [5.41, 5.74) is 0.293. The van der Waals surface area contributed by atoms with Crippen LogP contribution in [0.3, 0.4) is 0 Å². The molecule has 0 saturated carbocycles. The molecule has 0 atom stereocenters. The molecule has 156 valence electrons. The maximum Gasteiger partial charge on any atom is 0.379 e. The third-order valence-corrected chi connectivity index (χ3v) is 4.16. The van der Waals surface area contributed by atoms with E-state index >= 15 is 0 Å². The summed E-state index contributed by atoms with van der Waals surface area (Å²) in [6.45, 7) is 2.71. The SMILES string of the molecule is CCCCCCCCCC(=O)OCCOCCOC(=O)C(=O)c1ccccc1. The van der Waals surface area contributed by atoms with Crippen LogP contribution in [0.5, 0.6) is 0 Å². The molecule has 0 fully saturated rings. The van der Waals surface area contributed by atoms with Crippen molar-refractivity contribution in [1.29, 1.82) is 0 Å². The fourth-order valence-corrected chi connectivity index (χ4v) is 2.58. The van der Waals surface area contributed by atoms with E-state index in [-0.39, 0.29) is 32.4 Å². The number of esters is 2. The van der Waals surface area contributed by atoms with Crippen molar-refractivity contribution in [2.45, 2.75) is 58.3 Å². The Morgan fingerprint density at radius 2 is 1.36 bits per heavy atom. The molecule has 0 aromatic heterocycles. The van der Waals surface area contributed by atoms with Gasteiger partial charge in [-0.05, 0) is 6.42 Å². The molecule has 0 saturated heterocycles. The van der Waals surface area contributed by atoms with Crippen LogP contribution in [0.15, 0.2) is 30.3 Å². The van der Waals surface area contributed by atoms with E-state index in [0.29, 0.717) is 12.0 Å². The molecule has 6 nitrogen and oxygen atoms in total. The van der Waals surface area contributed by atoms with Gasteiger partial charge in [0, 0.05) is 12.0 Å². The van der Waals surface area contributed by atoms with Crippen molar-refractivity contribution in [3.8, 4) is 0 Å². The summed E-state index contributed by atoms with van der Waals surface area (Å²) in [6, 6.07) is 8.23. The van der Waals surface area contributed by atoms with Gasteiger partial charge in [0.1, 0.15) is 13.2 Å². The highest BCUT2D eigenvalue weighted by molar-refractivity contribution is 6.40. The average Bonchev–Trinajstić information content (AvgIpc) is 2.72. The quantitative estimate of drug-likeness (QED) is 0.182. The fourth-order valence-electron chi connectivity index (χ4n) is 2.58. The molecule has 0 heterocycles. The molecule has 0 aliphatic carbocycles. The first-order valence-electron chi connectivity index (χ1n) is 10.1. The first-order chi connectivity index (χ1) is 13.6. The second-order valence-electron chi connectivity index (χ2n) is 6.54. The van der Waals surface area contributed by atoms with Gasteiger partial charge < -0.3 is 14.2 Å². The smallest absolute Gasteiger partial charge is 0.379 e. The highest BCUT2D eigenvalue weighted by Crippen LogP contribution is 2.08. The van der Waals surface area contributed by atoms with Crippen LogP contribution in [0.25, 0.3) is 0 Å². The molecule has 0 amide bonds. The molecule has 0 radical (unpaired) electrons. The first kappa shape index (κ1) is 23.8. The maximum atomic E-state index is 11.8. The second-order valence-corrected chi connectivity index (χ2v) is 6.54. The standard InChI is InChI=1S/C22H32O6/c1-2-3-4-5-6-7-11-14-20(23)27-17-15-26-16-18-28-22(25)21(24)19-12-9-8-10-13-19/h8-10,12-13H,2-7,11,14-18H2,1H3. The molecule has 0 spiro atoms. The van der Waals surface area contributed by atoms with Crippen molar-refractivity contribution < 1.29 is 28.6 Å². The summed E-state index contributed by atoms with van der Waals surface area (Å²) >= 11 is 0. The van der Waals surface area contributed by atoms with Crippen LogP contribution in [-0.2, 0) is 23.8 Å². The largest absolute Gasteiger partial charge is 0.463 e. The summed E-state index contributed by atoms with van der Waals surface area (Å²) in [4.78, 5) is 35.0. The Kier molecular flexibility index (Phi) is 13.5. The van der Waals surface area contributed by atoms with Gasteiger partial charge in [-0.2, -0.15) is 0 Å². The number of benzene rings is 1. The molecule has 1 aromatic rings. The number of ketones is 1. The zero-order valence-corrected chi connectivity index (χ0v) is 16.8. The number of carbonyl (C=O) groups excluding carboxylic acids is 3. The van der Waals surface area contributed by atoms with Crippen LogP contribution in [-0.4, -0.2) is 44.1 Å². The van der Waals surface area contributed by atoms with Gasteiger partial charge in [-0.25, -0.2) is 4.79 Å². The molecular weight excluding hydrogens is 360 g/mol. The maximum absolute atomic E-state index is 11.8. The lowest BCUT2D eigenvalue weighted by Crippen LogP contribution is -2.20. The normalized spacial score (nSPS) is 10.5. The van der Waals surface area contributed by atoms with Crippen molar-refractivity contribution in [2.75, 3.05) is 26.4 Å². The average molecular weight is 392 g/mol. The Hall–Kier alpha value is -2.21. The zero-order chi connectivity index (χ0) is 20.5. The minimum absolute atomic E-state index is 0.0244. The Morgan fingerprint density at radius 1 is 0.750 bits per heavy atom. The molecule has 0 N–H and O–H groups in total. The second kappa shape index (κ2) is 15.8. The van der Waals surface area contributed by atoms with Gasteiger partial charge in [0.05, 0.1) is 13.2 Å². The fraction of sp³-hybridized carbons (Fsp3) is 0.591. The number of rotatable bonds is 16. The summed E-state index contributed by atoms with van der Waals surface area (Å²) in [6.07, 6.45) is 8.55. The van der Waals surface area contributed by atoms with Gasteiger partial charge in [-0.1, -0.05) is 75.8 Å². The van der Waals surface area contributed by atoms with Crippen LogP contribution in [0.1, 0.15) is 68.6 Å². The minimum Gasteiger partial charge on any atom is -0.463 e. The molecule has 1 aromatic carbocycles.